The first-order chi connectivity index (χ1) is 14.6. The van der Waals surface area contributed by atoms with Crippen molar-refractivity contribution in [3.05, 3.63) is 59.7 Å². The van der Waals surface area contributed by atoms with E-state index in [0.717, 1.165) is 30.3 Å². The molecule has 0 atom stereocenters. The van der Waals surface area contributed by atoms with Crippen LogP contribution in [-0.2, 0) is 20.5 Å². The van der Waals surface area contributed by atoms with Crippen molar-refractivity contribution in [1.29, 1.82) is 0 Å². The van der Waals surface area contributed by atoms with Crippen molar-refractivity contribution in [2.75, 3.05) is 19.0 Å². The van der Waals surface area contributed by atoms with E-state index in [0.29, 0.717) is 5.56 Å². The Morgan fingerprint density at radius 2 is 1.74 bits per heavy atom. The summed E-state index contributed by atoms with van der Waals surface area (Å²) in [6, 6.07) is 7.70. The van der Waals surface area contributed by atoms with Crippen molar-refractivity contribution in [3.8, 4) is 11.5 Å². The molecule has 31 heavy (non-hydrogen) atoms. The van der Waals surface area contributed by atoms with Crippen LogP contribution in [0.3, 0.4) is 0 Å². The molecule has 6 nitrogen and oxygen atoms in total. The van der Waals surface area contributed by atoms with Gasteiger partial charge in [-0.2, -0.15) is 22.0 Å². The zero-order chi connectivity index (χ0) is 23.0. The van der Waals surface area contributed by atoms with Gasteiger partial charge in [0.2, 0.25) is 0 Å². The van der Waals surface area contributed by atoms with Gasteiger partial charge in [0.25, 0.3) is 5.91 Å². The Kier molecular flexibility index (Phi) is 7.94. The smallest absolute Gasteiger partial charge is 0.416 e. The van der Waals surface area contributed by atoms with Crippen molar-refractivity contribution in [1.82, 2.24) is 0 Å². The van der Waals surface area contributed by atoms with Crippen LogP contribution in [0.4, 0.5) is 27.6 Å². The molecule has 0 saturated carbocycles. The molecule has 2 aromatic carbocycles. The molecule has 2 rings (SSSR count). The summed E-state index contributed by atoms with van der Waals surface area (Å²) in [7, 11) is 1.25. The van der Waals surface area contributed by atoms with Gasteiger partial charge in [-0.15, -0.1) is 0 Å². The average molecular weight is 445 g/mol. The van der Waals surface area contributed by atoms with Crippen molar-refractivity contribution in [3.63, 3.8) is 0 Å². The average Bonchev–Trinajstić information content (AvgIpc) is 2.70. The predicted molar refractivity (Wildman–Crippen MR) is 99.7 cm³/mol. The zero-order valence-corrected chi connectivity index (χ0v) is 15.9. The Morgan fingerprint density at radius 3 is 2.32 bits per heavy atom. The maximum atomic E-state index is 12.5. The molecular formula is C20H16F5NO5. The molecule has 0 heterocycles. The Morgan fingerprint density at radius 1 is 1.06 bits per heavy atom. The summed E-state index contributed by atoms with van der Waals surface area (Å²) in [6.45, 7) is -3.70. The minimum absolute atomic E-state index is 0.0201. The van der Waals surface area contributed by atoms with Gasteiger partial charge in [-0.25, -0.2) is 4.79 Å². The van der Waals surface area contributed by atoms with Gasteiger partial charge in [0.05, 0.1) is 12.7 Å². The first-order valence-electron chi connectivity index (χ1n) is 8.53. The van der Waals surface area contributed by atoms with E-state index < -0.39 is 36.8 Å². The van der Waals surface area contributed by atoms with E-state index in [9.17, 15) is 31.5 Å². The van der Waals surface area contributed by atoms with E-state index in [-0.39, 0.29) is 17.2 Å². The van der Waals surface area contributed by atoms with Crippen LogP contribution in [-0.4, -0.2) is 32.2 Å². The molecule has 1 amide bonds. The maximum Gasteiger partial charge on any atom is 0.416 e. The lowest BCUT2D eigenvalue weighted by molar-refractivity contribution is -0.142. The van der Waals surface area contributed by atoms with Gasteiger partial charge in [0.1, 0.15) is 0 Å². The van der Waals surface area contributed by atoms with Gasteiger partial charge in [0.15, 0.2) is 18.1 Å². The Labute approximate surface area is 173 Å². The number of halogens is 5. The molecule has 0 spiro atoms. The van der Waals surface area contributed by atoms with Crippen LogP contribution >= 0.6 is 0 Å². The van der Waals surface area contributed by atoms with Crippen LogP contribution < -0.4 is 14.8 Å². The molecule has 0 bridgehead atoms. The van der Waals surface area contributed by atoms with E-state index >= 15 is 0 Å². The molecule has 11 heteroatoms. The number of methoxy groups -OCH3 is 1. The van der Waals surface area contributed by atoms with Gasteiger partial charge in [0, 0.05) is 11.8 Å². The van der Waals surface area contributed by atoms with Crippen LogP contribution in [0.2, 0.25) is 0 Å². The SMILES string of the molecule is COc1cc(/C=C/C(=O)OCC(=O)Nc2ccc(C(F)(F)F)cc2)ccc1OC(F)F. The van der Waals surface area contributed by atoms with E-state index in [4.69, 9.17) is 9.47 Å². The number of hydrogen-bond acceptors (Lipinski definition) is 5. The van der Waals surface area contributed by atoms with Crippen LogP contribution in [0, 0.1) is 0 Å². The molecule has 0 unspecified atom stereocenters. The topological polar surface area (TPSA) is 73.9 Å². The highest BCUT2D eigenvalue weighted by Crippen LogP contribution is 2.30. The van der Waals surface area contributed by atoms with Gasteiger partial charge in [-0.05, 0) is 48.0 Å². The second-order valence-corrected chi connectivity index (χ2v) is 5.85. The molecule has 2 aromatic rings. The minimum atomic E-state index is -4.50. The fourth-order valence-electron chi connectivity index (χ4n) is 2.27. The Balaban J connectivity index is 1.87. The molecule has 0 radical (unpaired) electrons. The number of carbonyl (C=O) groups excluding carboxylic acids is 2. The number of esters is 1. The number of alkyl halides is 5. The predicted octanol–water partition coefficient (Wildman–Crippen LogP) is 4.51. The fraction of sp³-hybridized carbons (Fsp3) is 0.200. The van der Waals surface area contributed by atoms with Crippen LogP contribution in [0.25, 0.3) is 6.08 Å². The molecule has 0 fully saturated rings. The van der Waals surface area contributed by atoms with Gasteiger partial charge < -0.3 is 19.5 Å². The lowest BCUT2D eigenvalue weighted by Crippen LogP contribution is -2.20. The molecule has 0 saturated heterocycles. The van der Waals surface area contributed by atoms with Crippen molar-refractivity contribution < 1.29 is 45.8 Å². The highest BCUT2D eigenvalue weighted by atomic mass is 19.4. The van der Waals surface area contributed by atoms with Gasteiger partial charge in [-0.1, -0.05) is 6.07 Å². The van der Waals surface area contributed by atoms with Gasteiger partial charge in [-0.3, -0.25) is 4.79 Å². The molecule has 0 aliphatic heterocycles. The number of rotatable bonds is 8. The standard InChI is InChI=1S/C20H16F5NO5/c1-29-16-10-12(2-8-15(16)31-19(21)22)3-9-18(28)30-11-17(27)26-14-6-4-13(5-7-14)20(23,24)25/h2-10,19H,11H2,1H3,(H,26,27)/b9-3+. The highest BCUT2D eigenvalue weighted by Gasteiger charge is 2.30. The van der Waals surface area contributed by atoms with Crippen molar-refractivity contribution in [2.45, 2.75) is 12.8 Å². The number of anilines is 1. The Hall–Kier alpha value is -3.63. The first kappa shape index (κ1) is 23.6. The number of amides is 1. The maximum absolute atomic E-state index is 12.5. The summed E-state index contributed by atoms with van der Waals surface area (Å²) >= 11 is 0. The largest absolute Gasteiger partial charge is 0.493 e. The number of ether oxygens (including phenoxy) is 3. The normalized spacial score (nSPS) is 11.5. The molecule has 0 aliphatic carbocycles. The molecule has 0 aromatic heterocycles. The van der Waals surface area contributed by atoms with Crippen LogP contribution in [0.5, 0.6) is 11.5 Å². The van der Waals surface area contributed by atoms with Gasteiger partial charge >= 0.3 is 18.8 Å². The minimum Gasteiger partial charge on any atom is -0.493 e. The summed E-state index contributed by atoms with van der Waals surface area (Å²) in [5.74, 6) is -1.80. The second kappa shape index (κ2) is 10.4. The summed E-state index contributed by atoms with van der Waals surface area (Å²) < 4.78 is 76.1. The van der Waals surface area contributed by atoms with Crippen molar-refractivity contribution >= 4 is 23.6 Å². The lowest BCUT2D eigenvalue weighted by atomic mass is 10.2. The summed E-state index contributed by atoms with van der Waals surface area (Å²) in [4.78, 5) is 23.5. The van der Waals surface area contributed by atoms with Crippen LogP contribution in [0.1, 0.15) is 11.1 Å². The fourth-order valence-corrected chi connectivity index (χ4v) is 2.27. The number of hydrogen-bond donors (Lipinski definition) is 1. The van der Waals surface area contributed by atoms with E-state index in [1.165, 1.54) is 31.4 Å². The second-order valence-electron chi connectivity index (χ2n) is 5.85. The van der Waals surface area contributed by atoms with Crippen LogP contribution in [0.15, 0.2) is 48.5 Å². The van der Waals surface area contributed by atoms with E-state index in [1.54, 1.807) is 0 Å². The molecule has 166 valence electrons. The number of nitrogens with one attached hydrogen (secondary N) is 1. The highest BCUT2D eigenvalue weighted by molar-refractivity contribution is 5.94. The zero-order valence-electron chi connectivity index (χ0n) is 15.9. The summed E-state index contributed by atoms with van der Waals surface area (Å²) in [5.41, 5.74) is -0.361. The van der Waals surface area contributed by atoms with E-state index in [1.807, 2.05) is 0 Å². The molecular weight excluding hydrogens is 429 g/mol. The summed E-state index contributed by atoms with van der Waals surface area (Å²) in [6.07, 6.45) is -2.21. The number of carbonyl (C=O) groups is 2. The summed E-state index contributed by atoms with van der Waals surface area (Å²) in [5, 5.41) is 2.29. The van der Waals surface area contributed by atoms with Crippen molar-refractivity contribution in [2.24, 2.45) is 0 Å². The monoisotopic (exact) mass is 445 g/mol. The van der Waals surface area contributed by atoms with E-state index in [2.05, 4.69) is 10.1 Å². The molecule has 1 N–H and O–H groups in total. The quantitative estimate of drug-likeness (QED) is 0.368. The first-order valence-corrected chi connectivity index (χ1v) is 8.53. The molecule has 0 aliphatic rings. The third-order valence-electron chi connectivity index (χ3n) is 3.66. The third-order valence-corrected chi connectivity index (χ3v) is 3.66. The number of benzene rings is 2. The Bertz CT molecular complexity index is 942. The lowest BCUT2D eigenvalue weighted by Gasteiger charge is -2.10. The third kappa shape index (κ3) is 7.61.